The fraction of sp³-hybridized carbons (Fsp3) is 0.333. The molecule has 1 atom stereocenters. The monoisotopic (exact) mass is 145 g/mol. The van der Waals surface area contributed by atoms with Crippen LogP contribution in [0, 0.1) is 0 Å². The van der Waals surface area contributed by atoms with Crippen LogP contribution in [0.1, 0.15) is 12.5 Å². The molecular formula is C9H12BN. The van der Waals surface area contributed by atoms with E-state index in [4.69, 9.17) is 13.6 Å². The Morgan fingerprint density at radius 1 is 1.36 bits per heavy atom. The summed E-state index contributed by atoms with van der Waals surface area (Å²) in [5.74, 6) is 0. The molecule has 0 saturated carbocycles. The van der Waals surface area contributed by atoms with Crippen LogP contribution < -0.4 is 11.2 Å². The van der Waals surface area contributed by atoms with E-state index in [2.05, 4.69) is 0 Å². The third-order valence-corrected chi connectivity index (χ3v) is 1.54. The maximum atomic E-state index is 5.63. The molecule has 0 spiro atoms. The lowest BCUT2D eigenvalue weighted by Crippen LogP contribution is -2.18. The minimum Gasteiger partial charge on any atom is -0.328 e. The fourth-order valence-corrected chi connectivity index (χ4v) is 1.03. The van der Waals surface area contributed by atoms with Gasteiger partial charge in [0.15, 0.2) is 0 Å². The van der Waals surface area contributed by atoms with Crippen LogP contribution in [0.15, 0.2) is 24.3 Å². The van der Waals surface area contributed by atoms with Gasteiger partial charge in [-0.3, -0.25) is 0 Å². The van der Waals surface area contributed by atoms with Gasteiger partial charge in [-0.05, 0) is 18.9 Å². The number of benzene rings is 1. The molecule has 11 heavy (non-hydrogen) atoms. The van der Waals surface area contributed by atoms with E-state index < -0.39 is 0 Å². The molecule has 0 aliphatic carbocycles. The van der Waals surface area contributed by atoms with Gasteiger partial charge >= 0.3 is 0 Å². The van der Waals surface area contributed by atoms with Crippen molar-refractivity contribution in [3.63, 3.8) is 0 Å². The van der Waals surface area contributed by atoms with Crippen molar-refractivity contribution in [1.82, 2.24) is 0 Å². The third-order valence-electron chi connectivity index (χ3n) is 1.54. The van der Waals surface area contributed by atoms with Crippen LogP contribution in [0.25, 0.3) is 0 Å². The van der Waals surface area contributed by atoms with E-state index in [0.29, 0.717) is 0 Å². The molecule has 1 rings (SSSR count). The zero-order chi connectivity index (χ0) is 8.27. The van der Waals surface area contributed by atoms with Crippen LogP contribution in [0.4, 0.5) is 0 Å². The highest BCUT2D eigenvalue weighted by molar-refractivity contribution is 6.32. The van der Waals surface area contributed by atoms with Crippen molar-refractivity contribution in [2.75, 3.05) is 0 Å². The van der Waals surface area contributed by atoms with Crippen molar-refractivity contribution in [2.45, 2.75) is 19.4 Å². The number of rotatable bonds is 2. The standard InChI is InChI=1S/C9H12BN/c1-7(11)6-8-2-4-9(10)5-3-8/h2-5,7H,6,11H2,1H3/t7-/m0/s1. The molecule has 0 fully saturated rings. The lowest BCUT2D eigenvalue weighted by molar-refractivity contribution is 0.738. The Kier molecular flexibility index (Phi) is 2.72. The Bertz CT molecular complexity index is 216. The summed E-state index contributed by atoms with van der Waals surface area (Å²) in [7, 11) is 5.53. The molecule has 0 unspecified atom stereocenters. The molecule has 2 radical (unpaired) electrons. The molecule has 0 aliphatic rings. The average Bonchev–Trinajstić information content (AvgIpc) is 1.93. The Morgan fingerprint density at radius 3 is 2.36 bits per heavy atom. The molecule has 2 heteroatoms. The van der Waals surface area contributed by atoms with E-state index in [1.807, 2.05) is 31.2 Å². The van der Waals surface area contributed by atoms with Crippen LogP contribution in [-0.2, 0) is 6.42 Å². The van der Waals surface area contributed by atoms with Crippen molar-refractivity contribution >= 4 is 13.3 Å². The van der Waals surface area contributed by atoms with Crippen molar-refractivity contribution in [2.24, 2.45) is 5.73 Å². The fourth-order valence-electron chi connectivity index (χ4n) is 1.03. The van der Waals surface area contributed by atoms with E-state index in [1.54, 1.807) is 0 Å². The van der Waals surface area contributed by atoms with Crippen LogP contribution in [0.3, 0.4) is 0 Å². The van der Waals surface area contributed by atoms with E-state index in [1.165, 1.54) is 5.56 Å². The van der Waals surface area contributed by atoms with Gasteiger partial charge in [0.2, 0.25) is 0 Å². The Labute approximate surface area is 69.0 Å². The van der Waals surface area contributed by atoms with Gasteiger partial charge < -0.3 is 5.73 Å². The number of hydrogen-bond donors (Lipinski definition) is 1. The van der Waals surface area contributed by atoms with Crippen LogP contribution in [0.2, 0.25) is 0 Å². The minimum atomic E-state index is 0.221. The maximum Gasteiger partial charge on any atom is 0.113 e. The van der Waals surface area contributed by atoms with E-state index in [0.717, 1.165) is 11.9 Å². The first-order valence-corrected chi connectivity index (χ1v) is 3.78. The Morgan fingerprint density at radius 2 is 1.91 bits per heavy atom. The number of nitrogens with two attached hydrogens (primary N) is 1. The quantitative estimate of drug-likeness (QED) is 0.597. The molecule has 1 aromatic rings. The summed E-state index contributed by atoms with van der Waals surface area (Å²) in [6.45, 7) is 2.00. The second kappa shape index (κ2) is 3.58. The SMILES string of the molecule is [B]c1ccc(C[C@H](C)N)cc1. The van der Waals surface area contributed by atoms with Crippen molar-refractivity contribution in [1.29, 1.82) is 0 Å². The molecule has 0 heterocycles. The highest BCUT2D eigenvalue weighted by Gasteiger charge is 1.95. The first-order valence-electron chi connectivity index (χ1n) is 3.78. The normalized spacial score (nSPS) is 12.9. The van der Waals surface area contributed by atoms with Gasteiger partial charge in [-0.2, -0.15) is 0 Å². The van der Waals surface area contributed by atoms with Gasteiger partial charge in [0, 0.05) is 6.04 Å². The molecule has 0 amide bonds. The van der Waals surface area contributed by atoms with Gasteiger partial charge in [-0.1, -0.05) is 29.7 Å². The first-order chi connectivity index (χ1) is 5.18. The van der Waals surface area contributed by atoms with Crippen molar-refractivity contribution < 1.29 is 0 Å². The topological polar surface area (TPSA) is 26.0 Å². The van der Waals surface area contributed by atoms with Gasteiger partial charge in [0.25, 0.3) is 0 Å². The molecule has 2 N–H and O–H groups in total. The smallest absolute Gasteiger partial charge is 0.113 e. The second-order valence-electron chi connectivity index (χ2n) is 2.92. The Hall–Kier alpha value is -0.755. The molecule has 1 nitrogen and oxygen atoms in total. The predicted molar refractivity (Wildman–Crippen MR) is 49.2 cm³/mol. The Balaban J connectivity index is 2.66. The second-order valence-corrected chi connectivity index (χ2v) is 2.92. The lowest BCUT2D eigenvalue weighted by atomic mass is 9.94. The lowest BCUT2D eigenvalue weighted by Gasteiger charge is -2.04. The van der Waals surface area contributed by atoms with E-state index >= 15 is 0 Å². The summed E-state index contributed by atoms with van der Waals surface area (Å²) in [6.07, 6.45) is 0.917. The first kappa shape index (κ1) is 8.34. The molecular weight excluding hydrogens is 133 g/mol. The summed E-state index contributed by atoms with van der Waals surface area (Å²) in [4.78, 5) is 0. The van der Waals surface area contributed by atoms with E-state index in [9.17, 15) is 0 Å². The van der Waals surface area contributed by atoms with Gasteiger partial charge in [0.05, 0.1) is 0 Å². The van der Waals surface area contributed by atoms with Gasteiger partial charge in [-0.25, -0.2) is 0 Å². The molecule has 1 aromatic carbocycles. The minimum absolute atomic E-state index is 0.221. The summed E-state index contributed by atoms with van der Waals surface area (Å²) in [6, 6.07) is 8.05. The molecule has 0 bridgehead atoms. The number of hydrogen-bond acceptors (Lipinski definition) is 1. The molecule has 0 saturated heterocycles. The van der Waals surface area contributed by atoms with Gasteiger partial charge in [0.1, 0.15) is 7.85 Å². The summed E-state index contributed by atoms with van der Waals surface area (Å²) < 4.78 is 0. The molecule has 0 aromatic heterocycles. The molecule has 0 aliphatic heterocycles. The average molecular weight is 145 g/mol. The van der Waals surface area contributed by atoms with Crippen LogP contribution in [0.5, 0.6) is 0 Å². The zero-order valence-electron chi connectivity index (χ0n) is 6.75. The van der Waals surface area contributed by atoms with Crippen LogP contribution in [-0.4, -0.2) is 13.9 Å². The largest absolute Gasteiger partial charge is 0.328 e. The maximum absolute atomic E-state index is 5.63. The highest BCUT2D eigenvalue weighted by atomic mass is 14.6. The van der Waals surface area contributed by atoms with Crippen molar-refractivity contribution in [3.05, 3.63) is 29.8 Å². The highest BCUT2D eigenvalue weighted by Crippen LogP contribution is 1.99. The van der Waals surface area contributed by atoms with Gasteiger partial charge in [-0.15, -0.1) is 0 Å². The third kappa shape index (κ3) is 2.77. The predicted octanol–water partition coefficient (Wildman–Crippen LogP) is 0.370. The summed E-state index contributed by atoms with van der Waals surface area (Å²) in [5.41, 5.74) is 7.68. The summed E-state index contributed by atoms with van der Waals surface area (Å²) in [5, 5.41) is 0. The van der Waals surface area contributed by atoms with Crippen molar-refractivity contribution in [3.8, 4) is 0 Å². The molecule has 56 valence electrons. The van der Waals surface area contributed by atoms with Crippen LogP contribution >= 0.6 is 0 Å². The summed E-state index contributed by atoms with van der Waals surface area (Å²) >= 11 is 0. The zero-order valence-corrected chi connectivity index (χ0v) is 6.75. The van der Waals surface area contributed by atoms with E-state index in [-0.39, 0.29) is 6.04 Å².